The molecule has 1 aliphatic carbocycles. The first-order chi connectivity index (χ1) is 12.2. The van der Waals surface area contributed by atoms with Crippen LogP contribution in [0.2, 0.25) is 0 Å². The number of H-pyrrole nitrogens is 1. The molecule has 0 radical (unpaired) electrons. The van der Waals surface area contributed by atoms with E-state index in [1.807, 2.05) is 43.3 Å². The minimum Gasteiger partial charge on any atom is -0.494 e. The Morgan fingerprint density at radius 3 is 2.84 bits per heavy atom. The fourth-order valence-electron chi connectivity index (χ4n) is 3.12. The van der Waals surface area contributed by atoms with Crippen LogP contribution in [-0.2, 0) is 4.79 Å². The molecule has 0 saturated heterocycles. The van der Waals surface area contributed by atoms with Gasteiger partial charge in [0.25, 0.3) is 0 Å². The number of nitrogens with zero attached hydrogens (tertiary/aromatic N) is 1. The van der Waals surface area contributed by atoms with Crippen LogP contribution in [0.4, 0.5) is 5.82 Å². The summed E-state index contributed by atoms with van der Waals surface area (Å²) in [6.07, 6.45) is 3.10. The van der Waals surface area contributed by atoms with E-state index in [1.165, 1.54) is 0 Å². The summed E-state index contributed by atoms with van der Waals surface area (Å²) in [7, 11) is 0. The summed E-state index contributed by atoms with van der Waals surface area (Å²) >= 11 is 0. The summed E-state index contributed by atoms with van der Waals surface area (Å²) in [6.45, 7) is 2.62. The van der Waals surface area contributed by atoms with Crippen LogP contribution in [-0.4, -0.2) is 22.7 Å². The van der Waals surface area contributed by atoms with Crippen molar-refractivity contribution in [2.24, 2.45) is 5.92 Å². The molecule has 4 rings (SSSR count). The molecule has 1 aromatic heterocycles. The molecular weight excluding hydrogens is 314 g/mol. The van der Waals surface area contributed by atoms with E-state index in [-0.39, 0.29) is 11.8 Å². The van der Waals surface area contributed by atoms with E-state index in [1.54, 1.807) is 0 Å². The molecule has 2 aromatic carbocycles. The SMILES string of the molecule is CCOc1cccc(-c2ccc3c(NC(=O)C4CCC4)n[nH]c3c2)c1. The summed E-state index contributed by atoms with van der Waals surface area (Å²) in [6, 6.07) is 14.1. The van der Waals surface area contributed by atoms with Crippen molar-refractivity contribution >= 4 is 22.6 Å². The van der Waals surface area contributed by atoms with Gasteiger partial charge in [-0.25, -0.2) is 0 Å². The maximum absolute atomic E-state index is 12.1. The molecule has 25 heavy (non-hydrogen) atoms. The smallest absolute Gasteiger partial charge is 0.228 e. The van der Waals surface area contributed by atoms with Crippen molar-refractivity contribution in [3.05, 3.63) is 42.5 Å². The molecule has 5 nitrogen and oxygen atoms in total. The molecule has 1 saturated carbocycles. The van der Waals surface area contributed by atoms with Crippen molar-refractivity contribution in [3.8, 4) is 16.9 Å². The Morgan fingerprint density at radius 1 is 1.24 bits per heavy atom. The van der Waals surface area contributed by atoms with E-state index in [0.717, 1.165) is 47.0 Å². The number of carbonyl (C=O) groups is 1. The number of nitrogens with one attached hydrogen (secondary N) is 2. The molecule has 0 unspecified atom stereocenters. The third kappa shape index (κ3) is 3.09. The minimum atomic E-state index is 0.0770. The predicted molar refractivity (Wildman–Crippen MR) is 98.7 cm³/mol. The molecule has 1 fully saturated rings. The molecule has 1 amide bonds. The average molecular weight is 335 g/mol. The number of hydrogen-bond acceptors (Lipinski definition) is 3. The van der Waals surface area contributed by atoms with Gasteiger partial charge in [-0.1, -0.05) is 24.6 Å². The number of carbonyl (C=O) groups excluding carboxylic acids is 1. The van der Waals surface area contributed by atoms with Gasteiger partial charge in [-0.05, 0) is 55.2 Å². The highest BCUT2D eigenvalue weighted by Crippen LogP contribution is 2.31. The Labute approximate surface area is 146 Å². The quantitative estimate of drug-likeness (QED) is 0.727. The Balaban J connectivity index is 1.61. The van der Waals surface area contributed by atoms with Gasteiger partial charge in [0.15, 0.2) is 5.82 Å². The van der Waals surface area contributed by atoms with Crippen LogP contribution in [0.3, 0.4) is 0 Å². The largest absolute Gasteiger partial charge is 0.494 e. The highest BCUT2D eigenvalue weighted by Gasteiger charge is 2.26. The van der Waals surface area contributed by atoms with Crippen LogP contribution in [0.15, 0.2) is 42.5 Å². The van der Waals surface area contributed by atoms with E-state index in [0.29, 0.717) is 12.4 Å². The van der Waals surface area contributed by atoms with Gasteiger partial charge in [-0.3, -0.25) is 9.89 Å². The van der Waals surface area contributed by atoms with E-state index in [9.17, 15) is 4.79 Å². The average Bonchev–Trinajstić information content (AvgIpc) is 2.96. The van der Waals surface area contributed by atoms with Gasteiger partial charge in [0.1, 0.15) is 5.75 Å². The molecule has 0 bridgehead atoms. The standard InChI is InChI=1S/C20H21N3O2/c1-2-25-16-8-4-7-14(11-16)15-9-10-17-18(12-15)22-23-19(17)21-20(24)13-5-3-6-13/h4,7-13H,2-3,5-6H2,1H3,(H2,21,22,23,24). The number of rotatable bonds is 5. The van der Waals surface area contributed by atoms with Crippen LogP contribution in [0.1, 0.15) is 26.2 Å². The Morgan fingerprint density at radius 2 is 2.08 bits per heavy atom. The number of anilines is 1. The van der Waals surface area contributed by atoms with Crippen molar-refractivity contribution < 1.29 is 9.53 Å². The Hall–Kier alpha value is -2.82. The fraction of sp³-hybridized carbons (Fsp3) is 0.300. The number of benzene rings is 2. The first kappa shape index (κ1) is 15.7. The summed E-state index contributed by atoms with van der Waals surface area (Å²) in [5, 5.41) is 11.2. The number of ether oxygens (including phenoxy) is 1. The molecule has 3 aromatic rings. The number of amides is 1. The highest BCUT2D eigenvalue weighted by molar-refractivity contribution is 6.01. The number of hydrogen-bond donors (Lipinski definition) is 2. The zero-order valence-electron chi connectivity index (χ0n) is 14.2. The lowest BCUT2D eigenvalue weighted by Gasteiger charge is -2.23. The van der Waals surface area contributed by atoms with Crippen molar-refractivity contribution in [1.82, 2.24) is 10.2 Å². The number of aromatic amines is 1. The topological polar surface area (TPSA) is 67.0 Å². The zero-order chi connectivity index (χ0) is 17.2. The number of fused-ring (bicyclic) bond motifs is 1. The lowest BCUT2D eigenvalue weighted by atomic mass is 9.85. The van der Waals surface area contributed by atoms with Gasteiger partial charge in [0.05, 0.1) is 12.1 Å². The van der Waals surface area contributed by atoms with Gasteiger partial charge in [0.2, 0.25) is 5.91 Å². The van der Waals surface area contributed by atoms with Crippen LogP contribution >= 0.6 is 0 Å². The van der Waals surface area contributed by atoms with Crippen molar-refractivity contribution in [2.45, 2.75) is 26.2 Å². The lowest BCUT2D eigenvalue weighted by molar-refractivity contribution is -0.122. The van der Waals surface area contributed by atoms with Gasteiger partial charge < -0.3 is 10.1 Å². The third-order valence-corrected chi connectivity index (χ3v) is 4.76. The molecule has 1 aliphatic rings. The first-order valence-corrected chi connectivity index (χ1v) is 8.77. The van der Waals surface area contributed by atoms with Crippen LogP contribution in [0.5, 0.6) is 5.75 Å². The minimum absolute atomic E-state index is 0.0770. The Bertz CT molecular complexity index is 912. The van der Waals surface area contributed by atoms with E-state index >= 15 is 0 Å². The molecule has 1 heterocycles. The van der Waals surface area contributed by atoms with Crippen molar-refractivity contribution in [2.75, 3.05) is 11.9 Å². The molecule has 0 aliphatic heterocycles. The van der Waals surface area contributed by atoms with Gasteiger partial charge in [-0.15, -0.1) is 0 Å². The third-order valence-electron chi connectivity index (χ3n) is 4.76. The predicted octanol–water partition coefficient (Wildman–Crippen LogP) is 4.37. The summed E-state index contributed by atoms with van der Waals surface area (Å²) in [4.78, 5) is 12.1. The normalized spacial score (nSPS) is 14.3. The summed E-state index contributed by atoms with van der Waals surface area (Å²) in [5.74, 6) is 1.69. The van der Waals surface area contributed by atoms with Crippen molar-refractivity contribution in [3.63, 3.8) is 0 Å². The molecule has 0 spiro atoms. The lowest BCUT2D eigenvalue weighted by Crippen LogP contribution is -2.28. The van der Waals surface area contributed by atoms with Crippen LogP contribution < -0.4 is 10.1 Å². The first-order valence-electron chi connectivity index (χ1n) is 8.77. The van der Waals surface area contributed by atoms with Gasteiger partial charge in [0, 0.05) is 11.3 Å². The number of aromatic nitrogens is 2. The zero-order valence-corrected chi connectivity index (χ0v) is 14.2. The highest BCUT2D eigenvalue weighted by atomic mass is 16.5. The second kappa shape index (κ2) is 6.59. The van der Waals surface area contributed by atoms with Gasteiger partial charge >= 0.3 is 0 Å². The van der Waals surface area contributed by atoms with Crippen molar-refractivity contribution in [1.29, 1.82) is 0 Å². The molecular formula is C20H21N3O2. The Kier molecular flexibility index (Phi) is 4.14. The fourth-order valence-corrected chi connectivity index (χ4v) is 3.12. The molecule has 2 N–H and O–H groups in total. The maximum Gasteiger partial charge on any atom is 0.228 e. The van der Waals surface area contributed by atoms with Crippen LogP contribution in [0, 0.1) is 5.92 Å². The second-order valence-corrected chi connectivity index (χ2v) is 6.41. The molecule has 128 valence electrons. The van der Waals surface area contributed by atoms with E-state index in [4.69, 9.17) is 4.74 Å². The molecule has 5 heteroatoms. The monoisotopic (exact) mass is 335 g/mol. The van der Waals surface area contributed by atoms with E-state index < -0.39 is 0 Å². The summed E-state index contributed by atoms with van der Waals surface area (Å²) in [5.41, 5.74) is 3.07. The van der Waals surface area contributed by atoms with Gasteiger partial charge in [-0.2, -0.15) is 5.10 Å². The molecule has 0 atom stereocenters. The van der Waals surface area contributed by atoms with Crippen LogP contribution in [0.25, 0.3) is 22.0 Å². The summed E-state index contributed by atoms with van der Waals surface area (Å²) < 4.78 is 5.57. The maximum atomic E-state index is 12.1. The van der Waals surface area contributed by atoms with E-state index in [2.05, 4.69) is 21.6 Å². The second-order valence-electron chi connectivity index (χ2n) is 6.41.